The van der Waals surface area contributed by atoms with E-state index in [2.05, 4.69) is 4.74 Å². The lowest BCUT2D eigenvalue weighted by molar-refractivity contribution is -0.158. The molecule has 1 aromatic carbocycles. The molecule has 0 aliphatic heterocycles. The third-order valence-electron chi connectivity index (χ3n) is 2.65. The van der Waals surface area contributed by atoms with Crippen molar-refractivity contribution in [3.05, 3.63) is 35.9 Å². The number of aliphatic hydroxyl groups is 1. The smallest absolute Gasteiger partial charge is 0.345 e. The topological polar surface area (TPSA) is 63.6 Å². The fourth-order valence-electron chi connectivity index (χ4n) is 1.45. The summed E-state index contributed by atoms with van der Waals surface area (Å²) in [6.07, 6.45) is 1.84. The van der Waals surface area contributed by atoms with Gasteiger partial charge in [-0.15, -0.1) is 0 Å². The average molecular weight is 250 g/mol. The Morgan fingerprint density at radius 3 is 2.44 bits per heavy atom. The molecule has 1 N–H and O–H groups in total. The van der Waals surface area contributed by atoms with Crippen molar-refractivity contribution in [3.8, 4) is 0 Å². The van der Waals surface area contributed by atoms with Crippen molar-refractivity contribution >= 4 is 11.9 Å². The minimum atomic E-state index is -1.61. The van der Waals surface area contributed by atoms with Crippen LogP contribution in [-0.4, -0.2) is 22.6 Å². The van der Waals surface area contributed by atoms with Crippen LogP contribution in [0.3, 0.4) is 0 Å². The summed E-state index contributed by atoms with van der Waals surface area (Å²) in [5.41, 5.74) is -1.32. The summed E-state index contributed by atoms with van der Waals surface area (Å²) in [6, 6.07) is 8.22. The molecule has 98 valence electrons. The number of hydrogen-bond donors (Lipinski definition) is 1. The van der Waals surface area contributed by atoms with E-state index in [4.69, 9.17) is 0 Å². The number of carbonyl (C=O) groups is 2. The van der Waals surface area contributed by atoms with Crippen molar-refractivity contribution in [2.75, 3.05) is 0 Å². The molecule has 1 unspecified atom stereocenters. The summed E-state index contributed by atoms with van der Waals surface area (Å²) in [4.78, 5) is 23.3. The Balaban J connectivity index is 2.62. The minimum absolute atomic E-state index is 0.282. The molecule has 0 fully saturated rings. The molecule has 0 saturated heterocycles. The summed E-state index contributed by atoms with van der Waals surface area (Å²) >= 11 is 0. The van der Waals surface area contributed by atoms with E-state index in [-0.39, 0.29) is 12.0 Å². The van der Waals surface area contributed by atoms with Gasteiger partial charge in [0.15, 0.2) is 5.60 Å². The van der Waals surface area contributed by atoms with E-state index in [1.54, 1.807) is 30.3 Å². The molecule has 0 aliphatic rings. The lowest BCUT2D eigenvalue weighted by Gasteiger charge is -2.19. The molecule has 18 heavy (non-hydrogen) atoms. The number of unbranched alkanes of at least 4 members (excludes halogenated alkanes) is 1. The van der Waals surface area contributed by atoms with Crippen molar-refractivity contribution in [2.24, 2.45) is 0 Å². The highest BCUT2D eigenvalue weighted by Crippen LogP contribution is 2.16. The van der Waals surface area contributed by atoms with Crippen molar-refractivity contribution in [1.82, 2.24) is 0 Å². The van der Waals surface area contributed by atoms with Gasteiger partial charge in [0.1, 0.15) is 0 Å². The predicted molar refractivity (Wildman–Crippen MR) is 67.0 cm³/mol. The van der Waals surface area contributed by atoms with E-state index >= 15 is 0 Å². The molecule has 1 atom stereocenters. The maximum absolute atomic E-state index is 11.7. The van der Waals surface area contributed by atoms with E-state index in [0.29, 0.717) is 6.42 Å². The molecule has 0 spiro atoms. The number of esters is 2. The Morgan fingerprint density at radius 1 is 1.28 bits per heavy atom. The predicted octanol–water partition coefficient (Wildman–Crippen LogP) is 2.31. The zero-order valence-electron chi connectivity index (χ0n) is 10.7. The summed E-state index contributed by atoms with van der Waals surface area (Å²) in [5, 5.41) is 9.88. The van der Waals surface area contributed by atoms with Crippen LogP contribution in [0.25, 0.3) is 0 Å². The van der Waals surface area contributed by atoms with Gasteiger partial charge in [0.2, 0.25) is 0 Å². The normalized spacial score (nSPS) is 13.7. The second-order valence-corrected chi connectivity index (χ2v) is 4.42. The van der Waals surface area contributed by atoms with Gasteiger partial charge in [-0.25, -0.2) is 9.59 Å². The van der Waals surface area contributed by atoms with Crippen LogP contribution in [0.1, 0.15) is 43.5 Å². The van der Waals surface area contributed by atoms with Gasteiger partial charge in [-0.1, -0.05) is 38.0 Å². The Morgan fingerprint density at radius 2 is 1.89 bits per heavy atom. The first-order chi connectivity index (χ1) is 8.47. The van der Waals surface area contributed by atoms with Crippen molar-refractivity contribution in [2.45, 2.75) is 38.7 Å². The van der Waals surface area contributed by atoms with E-state index < -0.39 is 17.5 Å². The SMILES string of the molecule is CCCCC(C)(O)C(=O)OC(=O)c1ccccc1. The monoisotopic (exact) mass is 250 g/mol. The van der Waals surface area contributed by atoms with Crippen LogP contribution < -0.4 is 0 Å². The second kappa shape index (κ2) is 6.31. The number of carbonyl (C=O) groups excluding carboxylic acids is 2. The van der Waals surface area contributed by atoms with Crippen molar-refractivity contribution in [3.63, 3.8) is 0 Å². The Hall–Kier alpha value is -1.68. The summed E-state index contributed by atoms with van der Waals surface area (Å²) in [6.45, 7) is 3.32. The highest BCUT2D eigenvalue weighted by atomic mass is 16.6. The van der Waals surface area contributed by atoms with Crippen LogP contribution in [0, 0.1) is 0 Å². The van der Waals surface area contributed by atoms with Gasteiger partial charge in [-0.3, -0.25) is 0 Å². The third kappa shape index (κ3) is 3.96. The number of benzene rings is 1. The lowest BCUT2D eigenvalue weighted by atomic mass is 9.99. The molecule has 4 nitrogen and oxygen atoms in total. The van der Waals surface area contributed by atoms with Crippen LogP contribution in [0.5, 0.6) is 0 Å². The van der Waals surface area contributed by atoms with E-state index in [1.807, 2.05) is 6.92 Å². The van der Waals surface area contributed by atoms with Crippen LogP contribution in [0.4, 0.5) is 0 Å². The molecular formula is C14H18O4. The van der Waals surface area contributed by atoms with Crippen LogP contribution in [-0.2, 0) is 9.53 Å². The van der Waals surface area contributed by atoms with E-state index in [9.17, 15) is 14.7 Å². The van der Waals surface area contributed by atoms with E-state index in [0.717, 1.165) is 6.42 Å². The number of rotatable bonds is 5. The highest BCUT2D eigenvalue weighted by molar-refractivity contribution is 5.98. The Kier molecular flexibility index (Phi) is 5.04. The van der Waals surface area contributed by atoms with Gasteiger partial charge >= 0.3 is 11.9 Å². The third-order valence-corrected chi connectivity index (χ3v) is 2.65. The van der Waals surface area contributed by atoms with Gasteiger partial charge in [-0.05, 0) is 25.5 Å². The molecule has 0 aliphatic carbocycles. The van der Waals surface area contributed by atoms with Crippen LogP contribution >= 0.6 is 0 Å². The van der Waals surface area contributed by atoms with E-state index in [1.165, 1.54) is 6.92 Å². The van der Waals surface area contributed by atoms with Crippen molar-refractivity contribution < 1.29 is 19.4 Å². The maximum Gasteiger partial charge on any atom is 0.345 e. The fraction of sp³-hybridized carbons (Fsp3) is 0.429. The first kappa shape index (κ1) is 14.4. The molecule has 0 bridgehead atoms. The van der Waals surface area contributed by atoms with Gasteiger partial charge in [0, 0.05) is 0 Å². The first-order valence-corrected chi connectivity index (χ1v) is 6.01. The lowest BCUT2D eigenvalue weighted by Crippen LogP contribution is -2.38. The molecule has 0 amide bonds. The number of hydrogen-bond acceptors (Lipinski definition) is 4. The minimum Gasteiger partial charge on any atom is -0.387 e. The zero-order chi connectivity index (χ0) is 13.6. The highest BCUT2D eigenvalue weighted by Gasteiger charge is 2.33. The quantitative estimate of drug-likeness (QED) is 0.643. The van der Waals surface area contributed by atoms with Gasteiger partial charge in [0.05, 0.1) is 5.56 Å². The average Bonchev–Trinajstić information content (AvgIpc) is 2.37. The Bertz CT molecular complexity index is 409. The molecule has 1 rings (SSSR count). The summed E-state index contributed by atoms with van der Waals surface area (Å²) in [7, 11) is 0. The standard InChI is InChI=1S/C14H18O4/c1-3-4-10-14(2,17)13(16)18-12(15)11-8-6-5-7-9-11/h5-9,17H,3-4,10H2,1-2H3. The fourth-order valence-corrected chi connectivity index (χ4v) is 1.45. The van der Waals surface area contributed by atoms with Gasteiger partial charge in [0.25, 0.3) is 0 Å². The van der Waals surface area contributed by atoms with Crippen LogP contribution in [0.2, 0.25) is 0 Å². The molecular weight excluding hydrogens is 232 g/mol. The van der Waals surface area contributed by atoms with Crippen molar-refractivity contribution in [1.29, 1.82) is 0 Å². The molecule has 0 radical (unpaired) electrons. The zero-order valence-corrected chi connectivity index (χ0v) is 10.7. The molecule has 4 heteroatoms. The van der Waals surface area contributed by atoms with Crippen LogP contribution in [0.15, 0.2) is 30.3 Å². The number of ether oxygens (including phenoxy) is 1. The Labute approximate surface area is 107 Å². The molecule has 0 saturated carbocycles. The summed E-state index contributed by atoms with van der Waals surface area (Å²) in [5.74, 6) is -1.64. The van der Waals surface area contributed by atoms with Gasteiger partial charge < -0.3 is 9.84 Å². The molecule has 1 aromatic rings. The summed E-state index contributed by atoms with van der Waals surface area (Å²) < 4.78 is 4.67. The second-order valence-electron chi connectivity index (χ2n) is 4.42. The molecule has 0 heterocycles. The molecule has 0 aromatic heterocycles. The van der Waals surface area contributed by atoms with Gasteiger partial charge in [-0.2, -0.15) is 0 Å². The maximum atomic E-state index is 11.7. The largest absolute Gasteiger partial charge is 0.387 e. The first-order valence-electron chi connectivity index (χ1n) is 6.01.